The van der Waals surface area contributed by atoms with Crippen LogP contribution >= 0.6 is 0 Å². The van der Waals surface area contributed by atoms with Crippen molar-refractivity contribution in [3.8, 4) is 17.2 Å². The van der Waals surface area contributed by atoms with Gasteiger partial charge in [0.2, 0.25) is 11.8 Å². The minimum atomic E-state index is -0.367. The summed E-state index contributed by atoms with van der Waals surface area (Å²) in [6.07, 6.45) is 2.64. The lowest BCUT2D eigenvalue weighted by atomic mass is 10.0. The predicted octanol–water partition coefficient (Wildman–Crippen LogP) is 3.16. The van der Waals surface area contributed by atoms with E-state index in [-0.39, 0.29) is 24.4 Å². The molecule has 1 aliphatic heterocycles. The van der Waals surface area contributed by atoms with E-state index in [9.17, 15) is 9.59 Å². The van der Waals surface area contributed by atoms with Crippen LogP contribution in [0.5, 0.6) is 17.2 Å². The van der Waals surface area contributed by atoms with Crippen molar-refractivity contribution in [3.63, 3.8) is 0 Å². The highest BCUT2D eigenvalue weighted by atomic mass is 16.5. The molecule has 2 aromatic rings. The molecular formula is C22H27N3O4. The summed E-state index contributed by atoms with van der Waals surface area (Å²) >= 11 is 0. The molecule has 3 N–H and O–H groups in total. The number of nitrogens with zero attached hydrogens (tertiary/aromatic N) is 1. The van der Waals surface area contributed by atoms with Crippen LogP contribution in [0.1, 0.15) is 26.2 Å². The van der Waals surface area contributed by atoms with Gasteiger partial charge in [-0.25, -0.2) is 0 Å². The third kappa shape index (κ3) is 5.96. The lowest BCUT2D eigenvalue weighted by Crippen LogP contribution is -2.50. The van der Waals surface area contributed by atoms with Gasteiger partial charge in [0.25, 0.3) is 0 Å². The molecule has 154 valence electrons. The Morgan fingerprint density at radius 2 is 1.66 bits per heavy atom. The Morgan fingerprint density at radius 3 is 2.28 bits per heavy atom. The molecule has 0 aromatic heterocycles. The SMILES string of the molecule is CCOc1ccc(Oc2ccc(NC(=O)CN3CCCCC3C(N)=O)cc2)cc1. The lowest BCUT2D eigenvalue weighted by molar-refractivity contribution is -0.126. The van der Waals surface area contributed by atoms with Crippen molar-refractivity contribution in [2.75, 3.05) is 25.0 Å². The van der Waals surface area contributed by atoms with Crippen LogP contribution in [0.3, 0.4) is 0 Å². The number of carbonyl (C=O) groups is 2. The van der Waals surface area contributed by atoms with Gasteiger partial charge < -0.3 is 20.5 Å². The number of benzene rings is 2. The van der Waals surface area contributed by atoms with Crippen molar-refractivity contribution in [1.82, 2.24) is 4.90 Å². The number of rotatable bonds is 8. The first-order chi connectivity index (χ1) is 14.0. The van der Waals surface area contributed by atoms with Crippen molar-refractivity contribution < 1.29 is 19.1 Å². The van der Waals surface area contributed by atoms with E-state index in [1.165, 1.54) is 0 Å². The zero-order chi connectivity index (χ0) is 20.6. The molecule has 1 atom stereocenters. The van der Waals surface area contributed by atoms with E-state index in [4.69, 9.17) is 15.2 Å². The highest BCUT2D eigenvalue weighted by Crippen LogP contribution is 2.25. The first kappa shape index (κ1) is 20.7. The van der Waals surface area contributed by atoms with Crippen LogP contribution in [0.2, 0.25) is 0 Å². The smallest absolute Gasteiger partial charge is 0.238 e. The van der Waals surface area contributed by atoms with E-state index >= 15 is 0 Å². The molecule has 29 heavy (non-hydrogen) atoms. The molecule has 1 aliphatic rings. The molecule has 0 spiro atoms. The van der Waals surface area contributed by atoms with E-state index in [2.05, 4.69) is 5.32 Å². The Bertz CT molecular complexity index is 821. The first-order valence-electron chi connectivity index (χ1n) is 9.89. The standard InChI is InChI=1S/C22H27N3O4/c1-2-28-17-10-12-19(13-11-17)29-18-8-6-16(7-9-18)24-21(26)15-25-14-4-3-5-20(25)22(23)27/h6-13,20H,2-5,14-15H2,1H3,(H2,23,27)(H,24,26). The van der Waals surface area contributed by atoms with Crippen LogP contribution < -0.4 is 20.5 Å². The summed E-state index contributed by atoms with van der Waals surface area (Å²) in [5.74, 6) is 1.63. The topological polar surface area (TPSA) is 93.9 Å². The summed E-state index contributed by atoms with van der Waals surface area (Å²) in [5, 5.41) is 2.86. The van der Waals surface area contributed by atoms with Crippen molar-refractivity contribution in [2.24, 2.45) is 5.73 Å². The largest absolute Gasteiger partial charge is 0.494 e. The van der Waals surface area contributed by atoms with Crippen molar-refractivity contribution in [2.45, 2.75) is 32.2 Å². The van der Waals surface area contributed by atoms with Crippen LogP contribution in [0.15, 0.2) is 48.5 Å². The van der Waals surface area contributed by atoms with Crippen LogP contribution in [0.4, 0.5) is 5.69 Å². The minimum absolute atomic E-state index is 0.151. The Hall–Kier alpha value is -3.06. The Kier molecular flexibility index (Phi) is 7.08. The fourth-order valence-corrected chi connectivity index (χ4v) is 3.40. The molecule has 7 heteroatoms. The zero-order valence-electron chi connectivity index (χ0n) is 16.6. The van der Waals surface area contributed by atoms with E-state index in [0.29, 0.717) is 36.8 Å². The van der Waals surface area contributed by atoms with E-state index in [1.807, 2.05) is 36.1 Å². The average molecular weight is 397 g/mol. The number of nitrogens with one attached hydrogen (secondary N) is 1. The number of hydrogen-bond donors (Lipinski definition) is 2. The van der Waals surface area contributed by atoms with Crippen LogP contribution in [-0.4, -0.2) is 42.5 Å². The molecule has 1 fully saturated rings. The van der Waals surface area contributed by atoms with Gasteiger partial charge >= 0.3 is 0 Å². The molecule has 3 rings (SSSR count). The second-order valence-electron chi connectivity index (χ2n) is 6.96. The third-order valence-corrected chi connectivity index (χ3v) is 4.80. The highest BCUT2D eigenvalue weighted by molar-refractivity contribution is 5.92. The van der Waals surface area contributed by atoms with E-state index in [1.54, 1.807) is 24.3 Å². The Balaban J connectivity index is 1.53. The van der Waals surface area contributed by atoms with Gasteiger partial charge in [-0.1, -0.05) is 6.42 Å². The molecule has 0 saturated carbocycles. The molecule has 0 bridgehead atoms. The number of piperidine rings is 1. The third-order valence-electron chi connectivity index (χ3n) is 4.80. The summed E-state index contributed by atoms with van der Waals surface area (Å²) in [7, 11) is 0. The minimum Gasteiger partial charge on any atom is -0.494 e. The number of amides is 2. The lowest BCUT2D eigenvalue weighted by Gasteiger charge is -2.32. The van der Waals surface area contributed by atoms with Gasteiger partial charge in [0, 0.05) is 5.69 Å². The van der Waals surface area contributed by atoms with Crippen molar-refractivity contribution in [1.29, 1.82) is 0 Å². The molecule has 1 saturated heterocycles. The van der Waals surface area contributed by atoms with Crippen molar-refractivity contribution >= 4 is 17.5 Å². The summed E-state index contributed by atoms with van der Waals surface area (Å²) in [6.45, 7) is 3.41. The second-order valence-corrected chi connectivity index (χ2v) is 6.96. The van der Waals surface area contributed by atoms with Gasteiger partial charge in [-0.3, -0.25) is 14.5 Å². The number of likely N-dealkylation sites (tertiary alicyclic amines) is 1. The summed E-state index contributed by atoms with van der Waals surface area (Å²) in [4.78, 5) is 25.8. The van der Waals surface area contributed by atoms with Gasteiger partial charge in [-0.2, -0.15) is 0 Å². The number of anilines is 1. The molecule has 7 nitrogen and oxygen atoms in total. The predicted molar refractivity (Wildman–Crippen MR) is 111 cm³/mol. The zero-order valence-corrected chi connectivity index (χ0v) is 16.6. The second kappa shape index (κ2) is 9.93. The maximum Gasteiger partial charge on any atom is 0.238 e. The quantitative estimate of drug-likeness (QED) is 0.714. The fraction of sp³-hybridized carbons (Fsp3) is 0.364. The Morgan fingerprint density at radius 1 is 1.03 bits per heavy atom. The molecule has 2 amide bonds. The number of carbonyl (C=O) groups excluding carboxylic acids is 2. The summed E-state index contributed by atoms with van der Waals surface area (Å²) in [6, 6.07) is 14.2. The molecule has 0 aliphatic carbocycles. The normalized spacial score (nSPS) is 16.8. The van der Waals surface area contributed by atoms with E-state index in [0.717, 1.165) is 18.6 Å². The average Bonchev–Trinajstić information content (AvgIpc) is 2.71. The maximum absolute atomic E-state index is 12.4. The summed E-state index contributed by atoms with van der Waals surface area (Å²) < 4.78 is 11.2. The Labute approximate surface area is 170 Å². The van der Waals surface area contributed by atoms with Gasteiger partial charge in [0.05, 0.1) is 19.2 Å². The molecule has 0 radical (unpaired) electrons. The fourth-order valence-electron chi connectivity index (χ4n) is 3.40. The van der Waals surface area contributed by atoms with Gasteiger partial charge in [-0.05, 0) is 74.8 Å². The van der Waals surface area contributed by atoms with Crippen molar-refractivity contribution in [3.05, 3.63) is 48.5 Å². The van der Waals surface area contributed by atoms with E-state index < -0.39 is 0 Å². The summed E-state index contributed by atoms with van der Waals surface area (Å²) in [5.41, 5.74) is 6.12. The first-order valence-corrected chi connectivity index (χ1v) is 9.89. The van der Waals surface area contributed by atoms with Gasteiger partial charge in [-0.15, -0.1) is 0 Å². The van der Waals surface area contributed by atoms with Crippen LogP contribution in [0.25, 0.3) is 0 Å². The maximum atomic E-state index is 12.4. The highest BCUT2D eigenvalue weighted by Gasteiger charge is 2.28. The van der Waals surface area contributed by atoms with Gasteiger partial charge in [0.15, 0.2) is 0 Å². The number of hydrogen-bond acceptors (Lipinski definition) is 5. The molecule has 1 unspecified atom stereocenters. The monoisotopic (exact) mass is 397 g/mol. The number of primary amides is 1. The molecule has 2 aromatic carbocycles. The van der Waals surface area contributed by atoms with Crippen LogP contribution in [-0.2, 0) is 9.59 Å². The number of nitrogens with two attached hydrogens (primary N) is 1. The number of ether oxygens (including phenoxy) is 2. The molecular weight excluding hydrogens is 370 g/mol. The van der Waals surface area contributed by atoms with Crippen LogP contribution in [0, 0.1) is 0 Å². The van der Waals surface area contributed by atoms with Gasteiger partial charge in [0.1, 0.15) is 17.2 Å². The molecule has 1 heterocycles.